The highest BCUT2D eigenvalue weighted by Crippen LogP contribution is 2.17. The summed E-state index contributed by atoms with van der Waals surface area (Å²) in [5.41, 5.74) is 0. The van der Waals surface area contributed by atoms with E-state index in [1.54, 1.807) is 0 Å². The van der Waals surface area contributed by atoms with Crippen molar-refractivity contribution in [2.24, 2.45) is 0 Å². The van der Waals surface area contributed by atoms with E-state index in [9.17, 15) is 25.2 Å². The molecule has 0 radical (unpaired) electrons. The van der Waals surface area contributed by atoms with Crippen LogP contribution in [0.25, 0.3) is 0 Å². The summed E-state index contributed by atoms with van der Waals surface area (Å²) in [5, 5.41) is 42.5. The fourth-order valence-corrected chi connectivity index (χ4v) is 7.62. The molecule has 0 heterocycles. The van der Waals surface area contributed by atoms with Crippen LogP contribution >= 0.6 is 0 Å². The van der Waals surface area contributed by atoms with Crippen molar-refractivity contribution in [3.8, 4) is 0 Å². The Balaban J connectivity index is 3.36. The molecule has 0 spiro atoms. The molecular weight excluding hydrogens is 671 g/mol. The van der Waals surface area contributed by atoms with Gasteiger partial charge in [0.05, 0.1) is 18.8 Å². The zero-order valence-corrected chi connectivity index (χ0v) is 36.2. The first-order valence-electron chi connectivity index (χ1n) is 24.1. The third-order valence-corrected chi connectivity index (χ3v) is 11.5. The van der Waals surface area contributed by atoms with Gasteiger partial charge in [0, 0.05) is 0 Å². The number of amides is 1. The van der Waals surface area contributed by atoms with Crippen molar-refractivity contribution in [2.45, 2.75) is 282 Å². The molecule has 1 amide bonds. The van der Waals surface area contributed by atoms with Crippen LogP contribution in [-0.4, -0.2) is 57.3 Å². The van der Waals surface area contributed by atoms with Gasteiger partial charge in [0.2, 0.25) is 5.91 Å². The zero-order valence-electron chi connectivity index (χ0n) is 36.2. The Morgan fingerprint density at radius 1 is 0.444 bits per heavy atom. The summed E-state index contributed by atoms with van der Waals surface area (Å²) in [4.78, 5) is 12.3. The van der Waals surface area contributed by atoms with Gasteiger partial charge in [-0.1, -0.05) is 231 Å². The summed E-state index contributed by atoms with van der Waals surface area (Å²) in [6.45, 7) is 3.80. The van der Waals surface area contributed by atoms with Gasteiger partial charge in [-0.2, -0.15) is 0 Å². The molecule has 54 heavy (non-hydrogen) atoms. The average molecular weight is 766 g/mol. The topological polar surface area (TPSA) is 110 Å². The first kappa shape index (κ1) is 53.0. The molecule has 0 aromatic heterocycles. The number of hydrogen-bond donors (Lipinski definition) is 5. The maximum absolute atomic E-state index is 12.3. The number of hydrogen-bond acceptors (Lipinski definition) is 5. The molecule has 322 valence electrons. The lowest BCUT2D eigenvalue weighted by Gasteiger charge is -2.27. The second-order valence-corrected chi connectivity index (χ2v) is 16.8. The van der Waals surface area contributed by atoms with Gasteiger partial charge >= 0.3 is 0 Å². The Morgan fingerprint density at radius 2 is 0.759 bits per heavy atom. The van der Waals surface area contributed by atoms with E-state index in [4.69, 9.17) is 0 Å². The van der Waals surface area contributed by atoms with Gasteiger partial charge in [0.15, 0.2) is 0 Å². The zero-order chi connectivity index (χ0) is 39.6. The smallest absolute Gasteiger partial charge is 0.249 e. The fraction of sp³-hybridized carbons (Fsp3) is 0.938. The molecule has 0 saturated carbocycles. The van der Waals surface area contributed by atoms with E-state index in [1.807, 2.05) is 6.92 Å². The molecule has 0 aromatic rings. The number of carbonyl (C=O) groups excluding carboxylic acids is 1. The average Bonchev–Trinajstić information content (AvgIpc) is 3.18. The maximum atomic E-state index is 12.3. The molecule has 0 aliphatic heterocycles. The summed E-state index contributed by atoms with van der Waals surface area (Å²) in [6.07, 6.45) is 49.9. The molecule has 5 N–H and O–H groups in total. The van der Waals surface area contributed by atoms with Gasteiger partial charge in [0.1, 0.15) is 12.2 Å². The molecule has 6 nitrogen and oxygen atoms in total. The SMILES string of the molecule is CCCCCCCCCCCCCCCCCC/C=C\CCCCCCCCCCCCCCCCCCC(O)C(=O)NC(CO)C(O)C(O)CCCC. The van der Waals surface area contributed by atoms with E-state index in [0.717, 1.165) is 32.1 Å². The van der Waals surface area contributed by atoms with Gasteiger partial charge in [-0.05, 0) is 38.5 Å². The highest BCUT2D eigenvalue weighted by Gasteiger charge is 2.28. The third kappa shape index (κ3) is 36.7. The van der Waals surface area contributed by atoms with Gasteiger partial charge in [0.25, 0.3) is 0 Å². The molecule has 0 rings (SSSR count). The molecule has 0 fully saturated rings. The molecule has 0 saturated heterocycles. The molecule has 6 heteroatoms. The lowest BCUT2D eigenvalue weighted by Crippen LogP contribution is -2.53. The van der Waals surface area contributed by atoms with Gasteiger partial charge in [-0.15, -0.1) is 0 Å². The Kier molecular flexibility index (Phi) is 42.4. The molecule has 0 aliphatic rings. The second-order valence-electron chi connectivity index (χ2n) is 16.8. The summed E-state index contributed by atoms with van der Waals surface area (Å²) < 4.78 is 0. The summed E-state index contributed by atoms with van der Waals surface area (Å²) in [7, 11) is 0. The van der Waals surface area contributed by atoms with Gasteiger partial charge < -0.3 is 25.7 Å². The Morgan fingerprint density at radius 3 is 1.09 bits per heavy atom. The number of aliphatic hydroxyl groups is 4. The predicted molar refractivity (Wildman–Crippen MR) is 233 cm³/mol. The van der Waals surface area contributed by atoms with E-state index >= 15 is 0 Å². The van der Waals surface area contributed by atoms with Crippen molar-refractivity contribution >= 4 is 5.91 Å². The summed E-state index contributed by atoms with van der Waals surface area (Å²) in [6, 6.07) is -0.977. The number of unbranched alkanes of at least 4 members (excludes halogenated alkanes) is 33. The van der Waals surface area contributed by atoms with Crippen molar-refractivity contribution in [3.63, 3.8) is 0 Å². The van der Waals surface area contributed by atoms with Crippen molar-refractivity contribution in [3.05, 3.63) is 12.2 Å². The van der Waals surface area contributed by atoms with Crippen LogP contribution in [0.2, 0.25) is 0 Å². The van der Waals surface area contributed by atoms with Crippen LogP contribution in [0.5, 0.6) is 0 Å². The van der Waals surface area contributed by atoms with E-state index in [-0.39, 0.29) is 0 Å². The number of carbonyl (C=O) groups is 1. The number of nitrogens with one attached hydrogen (secondary N) is 1. The van der Waals surface area contributed by atoms with E-state index in [1.165, 1.54) is 199 Å². The van der Waals surface area contributed by atoms with E-state index in [2.05, 4.69) is 24.4 Å². The number of aliphatic hydroxyl groups excluding tert-OH is 4. The Bertz CT molecular complexity index is 776. The first-order chi connectivity index (χ1) is 26.5. The Labute approximate surface area is 336 Å². The standard InChI is InChI=1S/C48H95NO5/c1-3-5-7-8-9-10-11-12-13-14-15-16-17-18-19-20-21-22-23-24-25-26-27-28-29-30-31-32-33-34-35-36-37-38-39-40-42-46(52)48(54)49-44(43-50)47(53)45(51)41-6-4-2/h22-23,44-47,50-53H,3-21,24-43H2,1-2H3,(H,49,54)/b23-22-. The minimum absolute atomic E-state index is 0.370. The highest BCUT2D eigenvalue weighted by atomic mass is 16.3. The van der Waals surface area contributed by atoms with E-state index in [0.29, 0.717) is 12.8 Å². The van der Waals surface area contributed by atoms with Crippen LogP contribution < -0.4 is 5.32 Å². The quantitative estimate of drug-likeness (QED) is 0.0313. The minimum atomic E-state index is -1.25. The van der Waals surface area contributed by atoms with Crippen LogP contribution in [0.4, 0.5) is 0 Å². The van der Waals surface area contributed by atoms with E-state index < -0.39 is 36.9 Å². The van der Waals surface area contributed by atoms with Crippen LogP contribution in [-0.2, 0) is 4.79 Å². The number of allylic oxidation sites excluding steroid dienone is 2. The van der Waals surface area contributed by atoms with Crippen LogP contribution in [0.3, 0.4) is 0 Å². The molecule has 4 atom stereocenters. The van der Waals surface area contributed by atoms with Crippen molar-refractivity contribution < 1.29 is 25.2 Å². The lowest BCUT2D eigenvalue weighted by molar-refractivity contribution is -0.132. The summed E-state index contributed by atoms with van der Waals surface area (Å²) >= 11 is 0. The molecule has 4 unspecified atom stereocenters. The molecule has 0 aromatic carbocycles. The van der Waals surface area contributed by atoms with Gasteiger partial charge in [-0.3, -0.25) is 4.79 Å². The normalized spacial score (nSPS) is 14.1. The number of rotatable bonds is 44. The summed E-state index contributed by atoms with van der Waals surface area (Å²) in [5.74, 6) is -0.593. The second kappa shape index (κ2) is 43.2. The lowest BCUT2D eigenvalue weighted by atomic mass is 10.0. The highest BCUT2D eigenvalue weighted by molar-refractivity contribution is 5.80. The first-order valence-corrected chi connectivity index (χ1v) is 24.1. The van der Waals surface area contributed by atoms with Crippen molar-refractivity contribution in [1.29, 1.82) is 0 Å². The van der Waals surface area contributed by atoms with Crippen molar-refractivity contribution in [1.82, 2.24) is 5.32 Å². The molecule has 0 aliphatic carbocycles. The predicted octanol–water partition coefficient (Wildman–Crippen LogP) is 13.0. The van der Waals surface area contributed by atoms with Crippen LogP contribution in [0.1, 0.15) is 258 Å². The van der Waals surface area contributed by atoms with Crippen LogP contribution in [0.15, 0.2) is 12.2 Å². The van der Waals surface area contributed by atoms with Crippen LogP contribution in [0, 0.1) is 0 Å². The molecule has 0 bridgehead atoms. The largest absolute Gasteiger partial charge is 0.394 e. The Hall–Kier alpha value is -0.950. The van der Waals surface area contributed by atoms with Crippen molar-refractivity contribution in [2.75, 3.05) is 6.61 Å². The third-order valence-electron chi connectivity index (χ3n) is 11.5. The molecular formula is C48H95NO5. The minimum Gasteiger partial charge on any atom is -0.394 e. The maximum Gasteiger partial charge on any atom is 0.249 e. The fourth-order valence-electron chi connectivity index (χ4n) is 7.62. The monoisotopic (exact) mass is 766 g/mol. The van der Waals surface area contributed by atoms with Gasteiger partial charge in [-0.25, -0.2) is 0 Å².